The number of hydrogen-bond acceptors (Lipinski definition) is 2. The molecule has 0 rings (SSSR count). The van der Waals surface area contributed by atoms with E-state index < -0.39 is 0 Å². The van der Waals surface area contributed by atoms with Crippen molar-refractivity contribution in [1.29, 1.82) is 0 Å². The van der Waals surface area contributed by atoms with Crippen LogP contribution in [0.3, 0.4) is 0 Å². The van der Waals surface area contributed by atoms with Crippen LogP contribution in [-0.4, -0.2) is 37.1 Å². The summed E-state index contributed by atoms with van der Waals surface area (Å²) in [6.07, 6.45) is 3.76. The van der Waals surface area contributed by atoms with E-state index in [1.54, 1.807) is 0 Å². The molecule has 1 unspecified atom stereocenters. The molecule has 0 amide bonds. The molecule has 1 atom stereocenters. The Balaban J connectivity index is 3.49. The van der Waals surface area contributed by atoms with Gasteiger partial charge in [0, 0.05) is 19.1 Å². The summed E-state index contributed by atoms with van der Waals surface area (Å²) in [5, 5.41) is 3.54. The van der Waals surface area contributed by atoms with Crippen molar-refractivity contribution in [3.8, 4) is 0 Å². The van der Waals surface area contributed by atoms with Crippen LogP contribution in [0.2, 0.25) is 0 Å². The lowest BCUT2D eigenvalue weighted by Gasteiger charge is -2.22. The molecule has 86 valence electrons. The number of nitrogens with zero attached hydrogens (tertiary/aromatic N) is 1. The molecule has 0 aromatic heterocycles. The molecule has 0 aromatic rings. The Hall–Kier alpha value is -0.0800. The van der Waals surface area contributed by atoms with Gasteiger partial charge >= 0.3 is 0 Å². The van der Waals surface area contributed by atoms with Crippen molar-refractivity contribution in [3.63, 3.8) is 0 Å². The molecule has 0 saturated carbocycles. The maximum Gasteiger partial charge on any atom is 0.0107 e. The molecule has 0 aliphatic rings. The SMILES string of the molecule is CCCN(CCC)CCNC(C)CC. The van der Waals surface area contributed by atoms with E-state index in [-0.39, 0.29) is 0 Å². The molecular formula is C12H28N2. The topological polar surface area (TPSA) is 15.3 Å². The van der Waals surface area contributed by atoms with E-state index in [4.69, 9.17) is 0 Å². The molecule has 0 saturated heterocycles. The first-order valence-electron chi connectivity index (χ1n) is 6.20. The van der Waals surface area contributed by atoms with Crippen molar-refractivity contribution < 1.29 is 0 Å². The summed E-state index contributed by atoms with van der Waals surface area (Å²) in [5.74, 6) is 0. The van der Waals surface area contributed by atoms with Crippen LogP contribution in [-0.2, 0) is 0 Å². The van der Waals surface area contributed by atoms with E-state index in [1.165, 1.54) is 38.9 Å². The van der Waals surface area contributed by atoms with E-state index >= 15 is 0 Å². The van der Waals surface area contributed by atoms with Crippen LogP contribution in [0, 0.1) is 0 Å². The fourth-order valence-electron chi connectivity index (χ4n) is 1.58. The van der Waals surface area contributed by atoms with Crippen molar-refractivity contribution in [2.24, 2.45) is 0 Å². The Labute approximate surface area is 90.1 Å². The van der Waals surface area contributed by atoms with Crippen molar-refractivity contribution >= 4 is 0 Å². The lowest BCUT2D eigenvalue weighted by atomic mass is 10.2. The van der Waals surface area contributed by atoms with E-state index in [2.05, 4.69) is 37.9 Å². The molecule has 14 heavy (non-hydrogen) atoms. The Kier molecular flexibility index (Phi) is 9.42. The summed E-state index contributed by atoms with van der Waals surface area (Å²) in [6.45, 7) is 13.8. The Morgan fingerprint density at radius 2 is 1.57 bits per heavy atom. The molecule has 0 aliphatic carbocycles. The second kappa shape index (κ2) is 9.47. The second-order valence-electron chi connectivity index (χ2n) is 4.11. The van der Waals surface area contributed by atoms with Crippen LogP contribution < -0.4 is 5.32 Å². The van der Waals surface area contributed by atoms with Gasteiger partial charge in [-0.1, -0.05) is 20.8 Å². The van der Waals surface area contributed by atoms with Crippen LogP contribution in [0.15, 0.2) is 0 Å². The number of nitrogens with one attached hydrogen (secondary N) is 1. The van der Waals surface area contributed by atoms with Gasteiger partial charge in [-0.2, -0.15) is 0 Å². The zero-order chi connectivity index (χ0) is 10.8. The van der Waals surface area contributed by atoms with Crippen LogP contribution in [0.1, 0.15) is 47.0 Å². The summed E-state index contributed by atoms with van der Waals surface area (Å²) < 4.78 is 0. The molecule has 0 heterocycles. The van der Waals surface area contributed by atoms with Crippen LogP contribution in [0.25, 0.3) is 0 Å². The average molecular weight is 200 g/mol. The predicted octanol–water partition coefficient (Wildman–Crippen LogP) is 2.50. The maximum absolute atomic E-state index is 3.54. The Morgan fingerprint density at radius 1 is 1.00 bits per heavy atom. The minimum absolute atomic E-state index is 0.667. The third kappa shape index (κ3) is 7.34. The van der Waals surface area contributed by atoms with Gasteiger partial charge in [0.05, 0.1) is 0 Å². The quantitative estimate of drug-likeness (QED) is 0.615. The molecule has 1 N–H and O–H groups in total. The highest BCUT2D eigenvalue weighted by Crippen LogP contribution is 1.93. The molecule has 2 nitrogen and oxygen atoms in total. The van der Waals surface area contributed by atoms with Gasteiger partial charge in [-0.25, -0.2) is 0 Å². The fourth-order valence-corrected chi connectivity index (χ4v) is 1.58. The third-order valence-electron chi connectivity index (χ3n) is 2.61. The molecule has 0 fully saturated rings. The maximum atomic E-state index is 3.54. The smallest absolute Gasteiger partial charge is 0.0107 e. The van der Waals surface area contributed by atoms with E-state index in [0.29, 0.717) is 6.04 Å². The van der Waals surface area contributed by atoms with Gasteiger partial charge in [-0.05, 0) is 39.3 Å². The minimum Gasteiger partial charge on any atom is -0.313 e. The molecule has 2 heteroatoms. The van der Waals surface area contributed by atoms with Crippen LogP contribution >= 0.6 is 0 Å². The summed E-state index contributed by atoms with van der Waals surface area (Å²) in [7, 11) is 0. The van der Waals surface area contributed by atoms with Gasteiger partial charge in [0.2, 0.25) is 0 Å². The summed E-state index contributed by atoms with van der Waals surface area (Å²) >= 11 is 0. The van der Waals surface area contributed by atoms with Gasteiger partial charge in [0.25, 0.3) is 0 Å². The van der Waals surface area contributed by atoms with E-state index in [0.717, 1.165) is 6.54 Å². The zero-order valence-corrected chi connectivity index (χ0v) is 10.5. The minimum atomic E-state index is 0.667. The van der Waals surface area contributed by atoms with Gasteiger partial charge in [0.15, 0.2) is 0 Å². The summed E-state index contributed by atoms with van der Waals surface area (Å²) in [5.41, 5.74) is 0. The highest BCUT2D eigenvalue weighted by Gasteiger charge is 2.02. The largest absolute Gasteiger partial charge is 0.313 e. The lowest BCUT2D eigenvalue weighted by Crippen LogP contribution is -2.36. The second-order valence-corrected chi connectivity index (χ2v) is 4.11. The van der Waals surface area contributed by atoms with Crippen molar-refractivity contribution in [2.75, 3.05) is 26.2 Å². The van der Waals surface area contributed by atoms with Crippen molar-refractivity contribution in [2.45, 2.75) is 53.0 Å². The van der Waals surface area contributed by atoms with Gasteiger partial charge in [0.1, 0.15) is 0 Å². The van der Waals surface area contributed by atoms with Crippen molar-refractivity contribution in [3.05, 3.63) is 0 Å². The highest BCUT2D eigenvalue weighted by atomic mass is 15.1. The van der Waals surface area contributed by atoms with Gasteiger partial charge in [-0.15, -0.1) is 0 Å². The van der Waals surface area contributed by atoms with Crippen LogP contribution in [0.4, 0.5) is 0 Å². The fraction of sp³-hybridized carbons (Fsp3) is 1.00. The Morgan fingerprint density at radius 3 is 2.00 bits per heavy atom. The molecular weight excluding hydrogens is 172 g/mol. The van der Waals surface area contributed by atoms with E-state index in [9.17, 15) is 0 Å². The number of hydrogen-bond donors (Lipinski definition) is 1. The first kappa shape index (κ1) is 13.9. The molecule has 0 aliphatic heterocycles. The average Bonchev–Trinajstić information content (AvgIpc) is 2.18. The predicted molar refractivity (Wildman–Crippen MR) is 64.8 cm³/mol. The molecule has 0 radical (unpaired) electrons. The van der Waals surface area contributed by atoms with Crippen LogP contribution in [0.5, 0.6) is 0 Å². The normalized spacial score (nSPS) is 13.5. The molecule has 0 spiro atoms. The summed E-state index contributed by atoms with van der Waals surface area (Å²) in [6, 6.07) is 0.667. The van der Waals surface area contributed by atoms with Crippen molar-refractivity contribution in [1.82, 2.24) is 10.2 Å². The standard InChI is InChI=1S/C12H28N2/c1-5-9-14(10-6-2)11-8-13-12(4)7-3/h12-13H,5-11H2,1-4H3. The van der Waals surface area contributed by atoms with E-state index in [1.807, 2.05) is 0 Å². The summed E-state index contributed by atoms with van der Waals surface area (Å²) in [4.78, 5) is 2.55. The third-order valence-corrected chi connectivity index (χ3v) is 2.61. The molecule has 0 bridgehead atoms. The number of rotatable bonds is 9. The monoisotopic (exact) mass is 200 g/mol. The lowest BCUT2D eigenvalue weighted by molar-refractivity contribution is 0.270. The Bertz CT molecular complexity index is 109. The first-order chi connectivity index (χ1) is 6.74. The zero-order valence-electron chi connectivity index (χ0n) is 10.5. The van der Waals surface area contributed by atoms with Gasteiger partial charge in [-0.3, -0.25) is 0 Å². The van der Waals surface area contributed by atoms with Gasteiger partial charge < -0.3 is 10.2 Å². The first-order valence-corrected chi connectivity index (χ1v) is 6.20. The highest BCUT2D eigenvalue weighted by molar-refractivity contribution is 4.62. The molecule has 0 aromatic carbocycles.